The lowest BCUT2D eigenvalue weighted by Gasteiger charge is -2.28. The van der Waals surface area contributed by atoms with Crippen molar-refractivity contribution in [2.75, 3.05) is 6.61 Å². The van der Waals surface area contributed by atoms with Gasteiger partial charge in [-0.1, -0.05) is 89.9 Å². The Balaban J connectivity index is 3.77. The molecule has 43 heavy (non-hydrogen) atoms. The molecule has 0 radical (unpaired) electrons. The molecule has 0 saturated heterocycles. The summed E-state index contributed by atoms with van der Waals surface area (Å²) < 4.78 is 177. The smallest absolute Gasteiger partial charge is 0.396 e. The molecule has 0 aromatic carbocycles. The minimum atomic E-state index is -6.30. The maximum absolute atomic E-state index is 13.2. The fourth-order valence-corrected chi connectivity index (χ4v) is 4.74. The van der Waals surface area contributed by atoms with E-state index >= 15 is 0 Å². The predicted octanol–water partition coefficient (Wildman–Crippen LogP) is 12.1. The standard InChI is InChI=1S/C28H44F14O/c29-23(30,25(33,34)27(37,38)39)19-15-11-7-3-1-5-9-13-17-22(21-43)18-14-10-6-2-4-8-12-16-20-24(31,32)26(35,36)28(40,41)42/h22,43H,1-21H2. The molecule has 1 nitrogen and oxygen atoms in total. The molecule has 0 aromatic rings. The summed E-state index contributed by atoms with van der Waals surface area (Å²) in [5.74, 6) is -22.3. The topological polar surface area (TPSA) is 20.2 Å². The van der Waals surface area contributed by atoms with Gasteiger partial charge in [-0.05, 0) is 31.6 Å². The molecule has 0 aliphatic carbocycles. The van der Waals surface area contributed by atoms with Gasteiger partial charge in [-0.2, -0.15) is 61.5 Å². The third-order valence-electron chi connectivity index (χ3n) is 7.60. The van der Waals surface area contributed by atoms with Gasteiger partial charge in [-0.25, -0.2) is 0 Å². The molecule has 0 aliphatic heterocycles. The van der Waals surface area contributed by atoms with Crippen molar-refractivity contribution in [1.82, 2.24) is 0 Å². The van der Waals surface area contributed by atoms with Crippen LogP contribution in [0, 0.1) is 5.92 Å². The molecule has 260 valence electrons. The number of halogens is 14. The molecule has 0 rings (SSSR count). The van der Waals surface area contributed by atoms with Gasteiger partial charge in [0.25, 0.3) is 0 Å². The normalized spacial score (nSPS) is 14.2. The fourth-order valence-electron chi connectivity index (χ4n) is 4.74. The Bertz CT molecular complexity index is 661. The van der Waals surface area contributed by atoms with Crippen LogP contribution < -0.4 is 0 Å². The molecule has 0 aliphatic rings. The van der Waals surface area contributed by atoms with Crippen LogP contribution in [0.3, 0.4) is 0 Å². The summed E-state index contributed by atoms with van der Waals surface area (Å²) in [5, 5.41) is 9.55. The molecule has 0 saturated carbocycles. The quantitative estimate of drug-likeness (QED) is 0.0762. The molecular weight excluding hydrogens is 618 g/mol. The summed E-state index contributed by atoms with van der Waals surface area (Å²) in [6, 6.07) is 0. The molecule has 0 amide bonds. The Morgan fingerprint density at radius 1 is 0.349 bits per heavy atom. The number of hydrogen-bond donors (Lipinski definition) is 1. The second kappa shape index (κ2) is 18.8. The van der Waals surface area contributed by atoms with Gasteiger partial charge in [-0.3, -0.25) is 0 Å². The third-order valence-corrected chi connectivity index (χ3v) is 7.60. The highest BCUT2D eigenvalue weighted by Gasteiger charge is 2.73. The van der Waals surface area contributed by atoms with Crippen LogP contribution in [0.15, 0.2) is 0 Å². The highest BCUT2D eigenvalue weighted by molar-refractivity contribution is 4.91. The van der Waals surface area contributed by atoms with Gasteiger partial charge in [0.2, 0.25) is 0 Å². The van der Waals surface area contributed by atoms with Gasteiger partial charge in [0, 0.05) is 19.4 Å². The SMILES string of the molecule is OCC(CCCCCCCCCCC(F)(F)C(F)(F)C(F)(F)F)CCCCCCCCCCC(F)(F)C(F)(F)C(F)(F)F. The Labute approximate surface area is 244 Å². The Morgan fingerprint density at radius 3 is 0.814 bits per heavy atom. The highest BCUT2D eigenvalue weighted by Crippen LogP contribution is 2.49. The van der Waals surface area contributed by atoms with Crippen molar-refractivity contribution in [1.29, 1.82) is 0 Å². The number of aliphatic hydroxyl groups is 1. The van der Waals surface area contributed by atoms with E-state index in [1.54, 1.807) is 0 Å². The largest absolute Gasteiger partial charge is 0.459 e. The van der Waals surface area contributed by atoms with Crippen LogP contribution in [0.4, 0.5) is 61.5 Å². The van der Waals surface area contributed by atoms with Gasteiger partial charge in [0.1, 0.15) is 0 Å². The fraction of sp³-hybridized carbons (Fsp3) is 1.00. The lowest BCUT2D eigenvalue weighted by molar-refractivity contribution is -0.356. The maximum Gasteiger partial charge on any atom is 0.459 e. The van der Waals surface area contributed by atoms with Crippen molar-refractivity contribution in [3.05, 3.63) is 0 Å². The highest BCUT2D eigenvalue weighted by atomic mass is 19.4. The van der Waals surface area contributed by atoms with Crippen LogP contribution in [0.1, 0.15) is 128 Å². The zero-order chi connectivity index (χ0) is 33.4. The Kier molecular flexibility index (Phi) is 18.4. The van der Waals surface area contributed by atoms with E-state index in [0.29, 0.717) is 25.7 Å². The summed E-state index contributed by atoms with van der Waals surface area (Å²) in [5.41, 5.74) is 0. The summed E-state index contributed by atoms with van der Waals surface area (Å²) in [7, 11) is 0. The van der Waals surface area contributed by atoms with Crippen molar-refractivity contribution >= 4 is 0 Å². The van der Waals surface area contributed by atoms with E-state index in [-0.39, 0.29) is 25.4 Å². The first-order chi connectivity index (χ1) is 19.6. The predicted molar refractivity (Wildman–Crippen MR) is 135 cm³/mol. The monoisotopic (exact) mass is 662 g/mol. The van der Waals surface area contributed by atoms with Crippen LogP contribution in [0.5, 0.6) is 0 Å². The summed E-state index contributed by atoms with van der Waals surface area (Å²) in [6.45, 7) is 0.0238. The summed E-state index contributed by atoms with van der Waals surface area (Å²) >= 11 is 0. The van der Waals surface area contributed by atoms with E-state index in [9.17, 15) is 66.6 Å². The van der Waals surface area contributed by atoms with Crippen LogP contribution >= 0.6 is 0 Å². The molecule has 0 spiro atoms. The second-order valence-corrected chi connectivity index (χ2v) is 11.3. The van der Waals surface area contributed by atoms with E-state index in [1.165, 1.54) is 0 Å². The van der Waals surface area contributed by atoms with Crippen molar-refractivity contribution in [2.45, 2.75) is 164 Å². The lowest BCUT2D eigenvalue weighted by Crippen LogP contribution is -2.51. The number of rotatable bonds is 25. The van der Waals surface area contributed by atoms with E-state index < -0.39 is 61.7 Å². The van der Waals surface area contributed by atoms with Gasteiger partial charge in [0.05, 0.1) is 0 Å². The summed E-state index contributed by atoms with van der Waals surface area (Å²) in [4.78, 5) is 0. The third kappa shape index (κ3) is 14.7. The molecule has 0 atom stereocenters. The van der Waals surface area contributed by atoms with E-state index in [0.717, 1.165) is 64.2 Å². The van der Waals surface area contributed by atoms with Crippen LogP contribution in [-0.2, 0) is 0 Å². The second-order valence-electron chi connectivity index (χ2n) is 11.3. The average Bonchev–Trinajstić information content (AvgIpc) is 2.87. The number of unbranched alkanes of at least 4 members (excludes halogenated alkanes) is 14. The van der Waals surface area contributed by atoms with Gasteiger partial charge in [-0.15, -0.1) is 0 Å². The van der Waals surface area contributed by atoms with Crippen LogP contribution in [0.25, 0.3) is 0 Å². The van der Waals surface area contributed by atoms with Gasteiger partial charge in [0.15, 0.2) is 0 Å². The van der Waals surface area contributed by atoms with Gasteiger partial charge >= 0.3 is 36.0 Å². The van der Waals surface area contributed by atoms with Gasteiger partial charge < -0.3 is 5.11 Å². The minimum Gasteiger partial charge on any atom is -0.396 e. The Hall–Kier alpha value is -1.02. The lowest BCUT2D eigenvalue weighted by atomic mass is 9.94. The van der Waals surface area contributed by atoms with E-state index in [4.69, 9.17) is 0 Å². The molecule has 0 fully saturated rings. The van der Waals surface area contributed by atoms with Crippen molar-refractivity contribution in [3.8, 4) is 0 Å². The minimum absolute atomic E-state index is 0.0238. The maximum atomic E-state index is 13.2. The molecule has 0 aromatic heterocycles. The molecule has 0 bridgehead atoms. The van der Waals surface area contributed by atoms with Crippen molar-refractivity contribution < 1.29 is 66.6 Å². The van der Waals surface area contributed by atoms with Crippen LogP contribution in [0.2, 0.25) is 0 Å². The van der Waals surface area contributed by atoms with E-state index in [1.807, 2.05) is 0 Å². The number of alkyl halides is 14. The molecule has 0 unspecified atom stereocenters. The first kappa shape index (κ1) is 42.0. The molecule has 15 heteroatoms. The zero-order valence-corrected chi connectivity index (χ0v) is 24.2. The number of hydrogen-bond acceptors (Lipinski definition) is 1. The number of aliphatic hydroxyl groups excluding tert-OH is 1. The first-order valence-corrected chi connectivity index (χ1v) is 14.9. The summed E-state index contributed by atoms with van der Waals surface area (Å²) in [6.07, 6.45) is -5.84. The molecule has 0 heterocycles. The van der Waals surface area contributed by atoms with Crippen LogP contribution in [-0.4, -0.2) is 47.8 Å². The Morgan fingerprint density at radius 2 is 0.581 bits per heavy atom. The first-order valence-electron chi connectivity index (χ1n) is 14.9. The molecular formula is C28H44F14O. The average molecular weight is 663 g/mol. The van der Waals surface area contributed by atoms with Crippen molar-refractivity contribution in [3.63, 3.8) is 0 Å². The van der Waals surface area contributed by atoms with E-state index in [2.05, 4.69) is 0 Å². The van der Waals surface area contributed by atoms with Crippen molar-refractivity contribution in [2.24, 2.45) is 5.92 Å². The molecule has 1 N–H and O–H groups in total. The zero-order valence-electron chi connectivity index (χ0n) is 24.2.